The maximum atomic E-state index is 14.1. The molecule has 0 spiro atoms. The Morgan fingerprint density at radius 2 is 1.96 bits per heavy atom. The molecule has 2 N–H and O–H groups in total. The molecule has 0 bridgehead atoms. The van der Waals surface area contributed by atoms with Gasteiger partial charge >= 0.3 is 5.69 Å². The first kappa shape index (κ1) is 17.5. The molecule has 0 aliphatic carbocycles. The van der Waals surface area contributed by atoms with Crippen molar-refractivity contribution in [3.05, 3.63) is 58.3 Å². The molecule has 0 aliphatic rings. The minimum Gasteiger partial charge on any atom is -0.493 e. The Bertz CT molecular complexity index is 1010. The third-order valence-corrected chi connectivity index (χ3v) is 4.02. The molecule has 7 nitrogen and oxygen atoms in total. The van der Waals surface area contributed by atoms with Crippen molar-refractivity contribution in [3.8, 4) is 11.5 Å². The number of carbonyl (C=O) groups excluding carboxylic acids is 1. The van der Waals surface area contributed by atoms with Gasteiger partial charge in [0.05, 0.1) is 25.3 Å². The average Bonchev–Trinajstić information content (AvgIpc) is 2.96. The Morgan fingerprint density at radius 1 is 1.19 bits per heavy atom. The summed E-state index contributed by atoms with van der Waals surface area (Å²) in [6.45, 7) is 0.378. The van der Waals surface area contributed by atoms with E-state index in [0.717, 1.165) is 11.6 Å². The van der Waals surface area contributed by atoms with Gasteiger partial charge in [-0.05, 0) is 24.3 Å². The second-order valence-corrected chi connectivity index (χ2v) is 5.51. The summed E-state index contributed by atoms with van der Waals surface area (Å²) in [4.78, 5) is 27.2. The molecule has 3 rings (SSSR count). The SMILES string of the molecule is COc1ccc(F)c(C(=O)NCCn2c(=O)[nH]c3ccccc32)c1OC. The van der Waals surface area contributed by atoms with E-state index >= 15 is 0 Å². The predicted octanol–water partition coefficient (Wildman–Crippen LogP) is 1.92. The highest BCUT2D eigenvalue weighted by Crippen LogP contribution is 2.32. The van der Waals surface area contributed by atoms with Crippen molar-refractivity contribution < 1.29 is 18.7 Å². The van der Waals surface area contributed by atoms with Gasteiger partial charge in [0.25, 0.3) is 5.91 Å². The van der Waals surface area contributed by atoms with Crippen molar-refractivity contribution in [2.75, 3.05) is 20.8 Å². The molecule has 136 valence electrons. The summed E-state index contributed by atoms with van der Waals surface area (Å²) in [5, 5.41) is 2.61. The molecule has 2 aromatic carbocycles. The van der Waals surface area contributed by atoms with Gasteiger partial charge in [-0.2, -0.15) is 0 Å². The number of nitrogens with one attached hydrogen (secondary N) is 2. The lowest BCUT2D eigenvalue weighted by atomic mass is 10.1. The van der Waals surface area contributed by atoms with Crippen LogP contribution in [0.4, 0.5) is 4.39 Å². The molecule has 0 atom stereocenters. The highest BCUT2D eigenvalue weighted by Gasteiger charge is 2.21. The molecule has 26 heavy (non-hydrogen) atoms. The van der Waals surface area contributed by atoms with Crippen LogP contribution >= 0.6 is 0 Å². The lowest BCUT2D eigenvalue weighted by Crippen LogP contribution is -2.30. The van der Waals surface area contributed by atoms with Crippen molar-refractivity contribution in [2.24, 2.45) is 0 Å². The number of halogens is 1. The normalized spacial score (nSPS) is 10.7. The molecule has 0 unspecified atom stereocenters. The lowest BCUT2D eigenvalue weighted by Gasteiger charge is -2.13. The number of ether oxygens (including phenoxy) is 2. The largest absolute Gasteiger partial charge is 0.493 e. The standard InChI is InChI=1S/C18H18FN3O4/c1-25-14-8-7-11(19)15(16(14)26-2)17(23)20-9-10-22-13-6-4-3-5-12(13)21-18(22)24/h3-8H,9-10H2,1-2H3,(H,20,23)(H,21,24). The fraction of sp³-hybridized carbons (Fsp3) is 0.222. The number of rotatable bonds is 6. The molecule has 1 heterocycles. The number of aromatic nitrogens is 2. The van der Waals surface area contributed by atoms with Gasteiger partial charge in [0.15, 0.2) is 11.5 Å². The number of methoxy groups -OCH3 is 2. The first-order chi connectivity index (χ1) is 12.6. The van der Waals surface area contributed by atoms with E-state index < -0.39 is 11.7 Å². The third-order valence-electron chi connectivity index (χ3n) is 4.02. The number of hydrogen-bond acceptors (Lipinski definition) is 4. The number of H-pyrrole nitrogens is 1. The number of fused-ring (bicyclic) bond motifs is 1. The second kappa shape index (κ2) is 7.30. The smallest absolute Gasteiger partial charge is 0.326 e. The van der Waals surface area contributed by atoms with Crippen LogP contribution in [0.3, 0.4) is 0 Å². The van der Waals surface area contributed by atoms with E-state index in [1.807, 2.05) is 12.1 Å². The van der Waals surface area contributed by atoms with Crippen molar-refractivity contribution >= 4 is 16.9 Å². The van der Waals surface area contributed by atoms with Gasteiger partial charge < -0.3 is 19.8 Å². The van der Waals surface area contributed by atoms with Crippen LogP contribution in [0.5, 0.6) is 11.5 Å². The van der Waals surface area contributed by atoms with Gasteiger partial charge in [0.1, 0.15) is 11.4 Å². The number of amides is 1. The monoisotopic (exact) mass is 359 g/mol. The van der Waals surface area contributed by atoms with Crippen LogP contribution in [0.25, 0.3) is 11.0 Å². The number of carbonyl (C=O) groups is 1. The van der Waals surface area contributed by atoms with Gasteiger partial charge in [-0.1, -0.05) is 12.1 Å². The second-order valence-electron chi connectivity index (χ2n) is 5.51. The molecule has 0 radical (unpaired) electrons. The third kappa shape index (κ3) is 3.13. The Kier molecular flexibility index (Phi) is 4.92. The minimum absolute atomic E-state index is 0.0225. The predicted molar refractivity (Wildman–Crippen MR) is 94.4 cm³/mol. The molecule has 0 saturated heterocycles. The molecular formula is C18H18FN3O4. The summed E-state index contributed by atoms with van der Waals surface area (Å²) in [7, 11) is 2.74. The van der Waals surface area contributed by atoms with Crippen LogP contribution in [-0.2, 0) is 6.54 Å². The molecule has 1 amide bonds. The van der Waals surface area contributed by atoms with Gasteiger partial charge in [-0.15, -0.1) is 0 Å². The topological polar surface area (TPSA) is 85.4 Å². The van der Waals surface area contributed by atoms with Crippen molar-refractivity contribution in [1.82, 2.24) is 14.9 Å². The summed E-state index contributed by atoms with van der Waals surface area (Å²) >= 11 is 0. The average molecular weight is 359 g/mol. The van der Waals surface area contributed by atoms with Gasteiger partial charge in [-0.25, -0.2) is 9.18 Å². The fourth-order valence-electron chi connectivity index (χ4n) is 2.81. The van der Waals surface area contributed by atoms with Crippen LogP contribution in [0.15, 0.2) is 41.2 Å². The van der Waals surface area contributed by atoms with Crippen LogP contribution in [-0.4, -0.2) is 36.2 Å². The van der Waals surface area contributed by atoms with Gasteiger partial charge in [-0.3, -0.25) is 9.36 Å². The Labute approximate surface area is 148 Å². The highest BCUT2D eigenvalue weighted by atomic mass is 19.1. The van der Waals surface area contributed by atoms with Crippen LogP contribution in [0.2, 0.25) is 0 Å². The number of imidazole rings is 1. The molecular weight excluding hydrogens is 341 g/mol. The number of para-hydroxylation sites is 2. The first-order valence-corrected chi connectivity index (χ1v) is 7.93. The van der Waals surface area contributed by atoms with E-state index in [-0.39, 0.29) is 35.8 Å². The van der Waals surface area contributed by atoms with Crippen LogP contribution < -0.4 is 20.5 Å². The first-order valence-electron chi connectivity index (χ1n) is 7.93. The van der Waals surface area contributed by atoms with Crippen molar-refractivity contribution in [1.29, 1.82) is 0 Å². The van der Waals surface area contributed by atoms with Crippen molar-refractivity contribution in [3.63, 3.8) is 0 Å². The van der Waals surface area contributed by atoms with E-state index in [4.69, 9.17) is 9.47 Å². The number of hydrogen-bond donors (Lipinski definition) is 2. The van der Waals surface area contributed by atoms with Gasteiger partial charge in [0.2, 0.25) is 0 Å². The van der Waals surface area contributed by atoms with E-state index in [2.05, 4.69) is 10.3 Å². The van der Waals surface area contributed by atoms with Crippen LogP contribution in [0, 0.1) is 5.82 Å². The minimum atomic E-state index is -0.718. The summed E-state index contributed by atoms with van der Waals surface area (Å²) in [5.41, 5.74) is 0.935. The zero-order chi connectivity index (χ0) is 18.7. The molecule has 1 aromatic heterocycles. The fourth-order valence-corrected chi connectivity index (χ4v) is 2.81. The van der Waals surface area contributed by atoms with Crippen LogP contribution in [0.1, 0.15) is 10.4 Å². The maximum absolute atomic E-state index is 14.1. The Morgan fingerprint density at radius 3 is 2.69 bits per heavy atom. The number of nitrogens with zero attached hydrogens (tertiary/aromatic N) is 1. The Hall–Kier alpha value is -3.29. The van der Waals surface area contributed by atoms with Crippen molar-refractivity contribution in [2.45, 2.75) is 6.54 Å². The summed E-state index contributed by atoms with van der Waals surface area (Å²) in [6.07, 6.45) is 0. The summed E-state index contributed by atoms with van der Waals surface area (Å²) in [5.74, 6) is -1.09. The zero-order valence-electron chi connectivity index (χ0n) is 14.3. The number of aromatic amines is 1. The van der Waals surface area contributed by atoms with E-state index in [1.165, 1.54) is 24.9 Å². The van der Waals surface area contributed by atoms with E-state index in [9.17, 15) is 14.0 Å². The highest BCUT2D eigenvalue weighted by molar-refractivity contribution is 5.98. The lowest BCUT2D eigenvalue weighted by molar-refractivity contribution is 0.0944. The zero-order valence-corrected chi connectivity index (χ0v) is 14.3. The Balaban J connectivity index is 1.77. The molecule has 0 saturated carbocycles. The quantitative estimate of drug-likeness (QED) is 0.704. The summed E-state index contributed by atoms with van der Waals surface area (Å²) in [6, 6.07) is 9.77. The van der Waals surface area contributed by atoms with Gasteiger partial charge in [0, 0.05) is 13.1 Å². The number of benzene rings is 2. The molecule has 0 aliphatic heterocycles. The van der Waals surface area contributed by atoms with E-state index in [1.54, 1.807) is 12.1 Å². The molecule has 8 heteroatoms. The van der Waals surface area contributed by atoms with E-state index in [0.29, 0.717) is 5.52 Å². The maximum Gasteiger partial charge on any atom is 0.326 e. The molecule has 3 aromatic rings. The molecule has 0 fully saturated rings. The summed E-state index contributed by atoms with van der Waals surface area (Å²) < 4.78 is 25.8.